The van der Waals surface area contributed by atoms with Gasteiger partial charge in [-0.2, -0.15) is 0 Å². The molecule has 2 nitrogen and oxygen atoms in total. The van der Waals surface area contributed by atoms with Gasteiger partial charge in [-0.1, -0.05) is 30.3 Å². The average molecular weight is 281 g/mol. The van der Waals surface area contributed by atoms with Crippen LogP contribution < -0.4 is 0 Å². The molecule has 21 heavy (non-hydrogen) atoms. The van der Waals surface area contributed by atoms with Crippen LogP contribution in [0, 0.1) is 12.7 Å². The van der Waals surface area contributed by atoms with Crippen LogP contribution in [0.25, 0.3) is 10.9 Å². The third kappa shape index (κ3) is 2.47. The van der Waals surface area contributed by atoms with Crippen molar-refractivity contribution in [3.8, 4) is 0 Å². The van der Waals surface area contributed by atoms with Gasteiger partial charge in [0.05, 0.1) is 0 Å². The second kappa shape index (κ2) is 5.17. The first kappa shape index (κ1) is 13.6. The minimum Gasteiger partial charge on any atom is -0.350 e. The fourth-order valence-corrected chi connectivity index (χ4v) is 2.63. The lowest BCUT2D eigenvalue weighted by Gasteiger charge is -2.02. The van der Waals surface area contributed by atoms with Gasteiger partial charge >= 0.3 is 0 Å². The monoisotopic (exact) mass is 281 g/mol. The van der Waals surface area contributed by atoms with Gasteiger partial charge in [-0.25, -0.2) is 4.39 Å². The van der Waals surface area contributed by atoms with E-state index in [0.717, 1.165) is 16.5 Å². The van der Waals surface area contributed by atoms with Crippen molar-refractivity contribution in [1.29, 1.82) is 0 Å². The van der Waals surface area contributed by atoms with Gasteiger partial charge in [-0.3, -0.25) is 4.79 Å². The minimum absolute atomic E-state index is 0.0606. The first-order valence-corrected chi connectivity index (χ1v) is 6.88. The predicted octanol–water partition coefficient (Wildman–Crippen LogP) is 4.05. The highest BCUT2D eigenvalue weighted by molar-refractivity contribution is 6.09. The van der Waals surface area contributed by atoms with Crippen molar-refractivity contribution in [3.63, 3.8) is 0 Å². The van der Waals surface area contributed by atoms with E-state index in [1.54, 1.807) is 18.2 Å². The van der Waals surface area contributed by atoms with Gasteiger partial charge in [0.1, 0.15) is 5.82 Å². The second-order valence-corrected chi connectivity index (χ2v) is 5.37. The Kier molecular flexibility index (Phi) is 3.34. The lowest BCUT2D eigenvalue weighted by atomic mass is 10.0. The smallest absolute Gasteiger partial charge is 0.169 e. The predicted molar refractivity (Wildman–Crippen MR) is 82.1 cm³/mol. The van der Waals surface area contributed by atoms with Crippen LogP contribution >= 0.6 is 0 Å². The molecule has 2 aromatic carbocycles. The summed E-state index contributed by atoms with van der Waals surface area (Å²) < 4.78 is 15.6. The third-order valence-electron chi connectivity index (χ3n) is 3.76. The molecule has 0 aliphatic carbocycles. The van der Waals surface area contributed by atoms with E-state index in [1.165, 1.54) is 6.07 Å². The molecule has 106 valence electrons. The topological polar surface area (TPSA) is 22.0 Å². The number of halogens is 1. The lowest BCUT2D eigenvalue weighted by molar-refractivity contribution is 0.0993. The summed E-state index contributed by atoms with van der Waals surface area (Å²) in [5, 5.41) is 0.921. The molecular weight excluding hydrogens is 265 g/mol. The Morgan fingerprint density at radius 3 is 2.71 bits per heavy atom. The zero-order valence-corrected chi connectivity index (χ0v) is 12.1. The summed E-state index contributed by atoms with van der Waals surface area (Å²) >= 11 is 0. The van der Waals surface area contributed by atoms with Gasteiger partial charge in [0, 0.05) is 36.1 Å². The maximum Gasteiger partial charge on any atom is 0.169 e. The average Bonchev–Trinajstić information content (AvgIpc) is 2.78. The van der Waals surface area contributed by atoms with Gasteiger partial charge in [0.2, 0.25) is 0 Å². The van der Waals surface area contributed by atoms with E-state index in [1.807, 2.05) is 36.9 Å². The maximum atomic E-state index is 13.7. The lowest BCUT2D eigenvalue weighted by Crippen LogP contribution is -2.04. The van der Waals surface area contributed by atoms with Crippen LogP contribution in [-0.4, -0.2) is 10.4 Å². The van der Waals surface area contributed by atoms with Crippen LogP contribution in [0.3, 0.4) is 0 Å². The Bertz CT molecular complexity index is 832. The second-order valence-electron chi connectivity index (χ2n) is 5.37. The summed E-state index contributed by atoms with van der Waals surface area (Å²) in [5.74, 6) is -0.392. The van der Waals surface area contributed by atoms with Gasteiger partial charge in [-0.15, -0.1) is 0 Å². The Morgan fingerprint density at radius 1 is 1.19 bits per heavy atom. The molecule has 0 bridgehead atoms. The summed E-state index contributed by atoms with van der Waals surface area (Å²) in [6.07, 6.45) is 1.91. The molecule has 0 amide bonds. The molecule has 0 spiro atoms. The zero-order valence-electron chi connectivity index (χ0n) is 12.1. The molecule has 3 heteroatoms. The number of hydrogen-bond acceptors (Lipinski definition) is 1. The first-order chi connectivity index (χ1) is 10.1. The molecule has 0 aliphatic heterocycles. The summed E-state index contributed by atoms with van der Waals surface area (Å²) in [6, 6.07) is 12.4. The number of ketones is 1. The van der Waals surface area contributed by atoms with Gasteiger partial charge in [0.15, 0.2) is 5.78 Å². The van der Waals surface area contributed by atoms with E-state index in [0.29, 0.717) is 11.1 Å². The highest BCUT2D eigenvalue weighted by Gasteiger charge is 2.15. The SMILES string of the molecule is Cc1ccc2c(C(=O)Cc3ccccc3F)cn(C)c2c1. The van der Waals surface area contributed by atoms with Crippen LogP contribution in [0.2, 0.25) is 0 Å². The summed E-state index contributed by atoms with van der Waals surface area (Å²) in [4.78, 5) is 12.5. The van der Waals surface area contributed by atoms with Gasteiger partial charge in [-0.05, 0) is 30.2 Å². The number of hydrogen-bond donors (Lipinski definition) is 0. The molecule has 0 aliphatic rings. The maximum absolute atomic E-state index is 13.7. The number of rotatable bonds is 3. The highest BCUT2D eigenvalue weighted by Crippen LogP contribution is 2.23. The van der Waals surface area contributed by atoms with E-state index < -0.39 is 0 Å². The number of benzene rings is 2. The van der Waals surface area contributed by atoms with Crippen molar-refractivity contribution >= 4 is 16.7 Å². The molecule has 0 radical (unpaired) electrons. The molecule has 1 aromatic heterocycles. The summed E-state index contributed by atoms with van der Waals surface area (Å²) in [7, 11) is 1.92. The Morgan fingerprint density at radius 2 is 1.95 bits per heavy atom. The fraction of sp³-hybridized carbons (Fsp3) is 0.167. The first-order valence-electron chi connectivity index (χ1n) is 6.88. The van der Waals surface area contributed by atoms with Crippen molar-refractivity contribution < 1.29 is 9.18 Å². The number of Topliss-reactive ketones (excluding diaryl/α,β-unsaturated/α-hetero) is 1. The van der Waals surface area contributed by atoms with Crippen LogP contribution in [0.5, 0.6) is 0 Å². The van der Waals surface area contributed by atoms with E-state index in [9.17, 15) is 9.18 Å². The molecule has 1 heterocycles. The largest absolute Gasteiger partial charge is 0.350 e. The quantitative estimate of drug-likeness (QED) is 0.664. The number of carbonyl (C=O) groups is 1. The summed E-state index contributed by atoms with van der Waals surface area (Å²) in [5.41, 5.74) is 3.26. The molecule has 0 saturated carbocycles. The van der Waals surface area contributed by atoms with Crippen molar-refractivity contribution in [2.75, 3.05) is 0 Å². The summed E-state index contributed by atoms with van der Waals surface area (Å²) in [6.45, 7) is 2.02. The van der Waals surface area contributed by atoms with Crippen molar-refractivity contribution in [3.05, 3.63) is 71.2 Å². The number of fused-ring (bicyclic) bond motifs is 1. The van der Waals surface area contributed by atoms with Crippen molar-refractivity contribution in [2.24, 2.45) is 7.05 Å². The van der Waals surface area contributed by atoms with Crippen LogP contribution in [0.1, 0.15) is 21.5 Å². The highest BCUT2D eigenvalue weighted by atomic mass is 19.1. The Hall–Kier alpha value is -2.42. The zero-order chi connectivity index (χ0) is 15.0. The normalized spacial score (nSPS) is 11.0. The van der Waals surface area contributed by atoms with Crippen LogP contribution in [0.4, 0.5) is 4.39 Å². The van der Waals surface area contributed by atoms with E-state index in [2.05, 4.69) is 6.07 Å². The number of aromatic nitrogens is 1. The standard InChI is InChI=1S/C18H16FNO/c1-12-7-8-14-15(11-20(2)17(14)9-12)18(21)10-13-5-3-4-6-16(13)19/h3-9,11H,10H2,1-2H3. The number of carbonyl (C=O) groups excluding carboxylic acids is 1. The van der Waals surface area contributed by atoms with Gasteiger partial charge < -0.3 is 4.57 Å². The molecular formula is C18H16FNO. The third-order valence-corrected chi connectivity index (χ3v) is 3.76. The van der Waals surface area contributed by atoms with Gasteiger partial charge in [0.25, 0.3) is 0 Å². The molecule has 0 fully saturated rings. The Labute approximate surface area is 122 Å². The molecule has 3 rings (SSSR count). The molecule has 0 unspecified atom stereocenters. The minimum atomic E-state index is -0.332. The fourth-order valence-electron chi connectivity index (χ4n) is 2.63. The van der Waals surface area contributed by atoms with Crippen molar-refractivity contribution in [1.82, 2.24) is 4.57 Å². The molecule has 0 saturated heterocycles. The number of aryl methyl sites for hydroxylation is 2. The van der Waals surface area contributed by atoms with E-state index >= 15 is 0 Å². The molecule has 3 aromatic rings. The van der Waals surface area contributed by atoms with Crippen LogP contribution in [-0.2, 0) is 13.5 Å². The molecule has 0 atom stereocenters. The van der Waals surface area contributed by atoms with E-state index in [4.69, 9.17) is 0 Å². The number of nitrogens with zero attached hydrogens (tertiary/aromatic N) is 1. The molecule has 0 N–H and O–H groups in total. The van der Waals surface area contributed by atoms with Crippen LogP contribution in [0.15, 0.2) is 48.7 Å². The Balaban J connectivity index is 2.01. The van der Waals surface area contributed by atoms with E-state index in [-0.39, 0.29) is 18.0 Å². The van der Waals surface area contributed by atoms with Crippen molar-refractivity contribution in [2.45, 2.75) is 13.3 Å².